The normalized spacial score (nSPS) is 24.3. The van der Waals surface area contributed by atoms with Crippen molar-refractivity contribution in [1.29, 1.82) is 0 Å². The molecule has 4 nitrogen and oxygen atoms in total. The van der Waals surface area contributed by atoms with Crippen LogP contribution in [0.15, 0.2) is 6.07 Å². The molecule has 0 aromatic heterocycles. The highest BCUT2D eigenvalue weighted by atomic mass is 127. The first kappa shape index (κ1) is 14.6. The molecule has 1 fully saturated rings. The Morgan fingerprint density at radius 1 is 1.21 bits per heavy atom. The number of phenols is 1. The number of benzene rings is 1. The van der Waals surface area contributed by atoms with Crippen LogP contribution in [-0.2, 0) is 0 Å². The molecule has 0 heterocycles. The van der Waals surface area contributed by atoms with Crippen LogP contribution in [0.3, 0.4) is 0 Å². The van der Waals surface area contributed by atoms with Gasteiger partial charge in [0.25, 0.3) is 0 Å². The van der Waals surface area contributed by atoms with Crippen LogP contribution in [-0.4, -0.2) is 12.6 Å². The van der Waals surface area contributed by atoms with Crippen molar-refractivity contribution >= 4 is 36.5 Å². The lowest BCUT2D eigenvalue weighted by molar-refractivity contribution is 0.348. The second kappa shape index (κ2) is 6.09. The van der Waals surface area contributed by atoms with E-state index in [1.165, 1.54) is 12.8 Å². The summed E-state index contributed by atoms with van der Waals surface area (Å²) in [5.41, 5.74) is 14.6. The zero-order chi connectivity index (χ0) is 14.0. The van der Waals surface area contributed by atoms with E-state index in [0.29, 0.717) is 11.6 Å². The molecule has 1 aromatic carbocycles. The quantitative estimate of drug-likeness (QED) is 0.363. The predicted octanol–water partition coefficient (Wildman–Crippen LogP) is 2.88. The fraction of sp³-hybridized carbons (Fsp3) is 0.500. The van der Waals surface area contributed by atoms with Crippen molar-refractivity contribution in [3.05, 3.63) is 17.2 Å². The summed E-state index contributed by atoms with van der Waals surface area (Å²) in [6, 6.07) is 1.63. The van der Waals surface area contributed by atoms with E-state index in [1.54, 1.807) is 10.1 Å². The molecule has 5 heteroatoms. The Balaban J connectivity index is 2.45. The van der Waals surface area contributed by atoms with Gasteiger partial charge in [-0.15, -0.1) is 0 Å². The Labute approximate surface area is 124 Å². The first-order chi connectivity index (χ1) is 9.04. The van der Waals surface area contributed by atoms with Crippen LogP contribution in [0.4, 0.5) is 11.4 Å². The third-order valence-corrected chi connectivity index (χ3v) is 5.00. The Hall–Kier alpha value is -0.820. The van der Waals surface area contributed by atoms with Gasteiger partial charge < -0.3 is 20.0 Å². The number of nitrogen functional groups attached to an aromatic ring is 2. The molecule has 0 saturated heterocycles. The highest BCUT2D eigenvalue weighted by molar-refractivity contribution is 14.2. The van der Waals surface area contributed by atoms with Crippen molar-refractivity contribution in [3.63, 3.8) is 0 Å². The van der Waals surface area contributed by atoms with Gasteiger partial charge in [0.1, 0.15) is 5.75 Å². The van der Waals surface area contributed by atoms with Gasteiger partial charge in [-0.2, -0.15) is 0 Å². The monoisotopic (exact) mass is 376 g/mol. The number of rotatable bonds is 2. The Morgan fingerprint density at radius 3 is 2.42 bits per heavy atom. The highest BCUT2D eigenvalue weighted by Gasteiger charge is 2.25. The lowest BCUT2D eigenvalue weighted by Gasteiger charge is -2.29. The molecule has 106 valence electrons. The van der Waals surface area contributed by atoms with E-state index in [9.17, 15) is 8.54 Å². The first-order valence-corrected chi connectivity index (χ1v) is 8.76. The van der Waals surface area contributed by atoms with Gasteiger partial charge in [-0.3, -0.25) is 0 Å². The molecular formula is C14H21IN2O2. The predicted molar refractivity (Wildman–Crippen MR) is 88.7 cm³/mol. The van der Waals surface area contributed by atoms with Gasteiger partial charge in [-0.25, -0.2) is 0 Å². The van der Waals surface area contributed by atoms with Crippen molar-refractivity contribution < 1.29 is 8.54 Å². The van der Waals surface area contributed by atoms with Crippen LogP contribution >= 0.6 is 21.1 Å². The van der Waals surface area contributed by atoms with Crippen LogP contribution < -0.4 is 11.5 Å². The smallest absolute Gasteiger partial charge is 0.141 e. The summed E-state index contributed by atoms with van der Waals surface area (Å²) in [5.74, 6) is 1.17. The van der Waals surface area contributed by atoms with Crippen LogP contribution in [0, 0.1) is 5.92 Å². The molecule has 0 aliphatic heterocycles. The molecule has 0 atom stereocenters. The van der Waals surface area contributed by atoms with E-state index in [4.69, 9.17) is 11.5 Å². The number of halogens is 1. The number of phenolic OH excluding ortho intramolecular Hbond substituents is 1. The van der Waals surface area contributed by atoms with Gasteiger partial charge in [0.05, 0.1) is 11.4 Å². The molecule has 6 N–H and O–H groups in total. The molecule has 2 rings (SSSR count). The zero-order valence-electron chi connectivity index (χ0n) is 11.1. The Kier molecular flexibility index (Phi) is 4.67. The van der Waals surface area contributed by atoms with Crippen molar-refractivity contribution in [2.24, 2.45) is 5.92 Å². The largest absolute Gasteiger partial charge is 0.506 e. The number of nitrogens with two attached hydrogens (primary N) is 2. The number of hydrogen-bond donors (Lipinski definition) is 4. The van der Waals surface area contributed by atoms with Crippen LogP contribution in [0.25, 0.3) is 0 Å². The number of hydrogen-bond acceptors (Lipinski definition) is 4. The average molecular weight is 376 g/mol. The SMILES string of the molecule is CC1CCC(c2c(C=IO)cc(O)c(N)c2N)CC1. The summed E-state index contributed by atoms with van der Waals surface area (Å²) in [4.78, 5) is 0. The molecule has 0 bridgehead atoms. The summed E-state index contributed by atoms with van der Waals surface area (Å²) >= 11 is -0.988. The van der Waals surface area contributed by atoms with Crippen molar-refractivity contribution in [2.75, 3.05) is 11.5 Å². The molecule has 1 aliphatic rings. The number of aromatic hydroxyl groups is 1. The fourth-order valence-corrected chi connectivity index (χ4v) is 3.70. The minimum atomic E-state index is -0.988. The number of anilines is 2. The summed E-state index contributed by atoms with van der Waals surface area (Å²) in [7, 11) is 0. The first-order valence-electron chi connectivity index (χ1n) is 6.55. The van der Waals surface area contributed by atoms with Crippen molar-refractivity contribution in [1.82, 2.24) is 0 Å². The topological polar surface area (TPSA) is 92.5 Å². The maximum atomic E-state index is 9.78. The van der Waals surface area contributed by atoms with Crippen molar-refractivity contribution in [3.8, 4) is 5.75 Å². The molecule has 1 aromatic rings. The lowest BCUT2D eigenvalue weighted by atomic mass is 9.77. The molecule has 0 spiro atoms. The minimum Gasteiger partial charge on any atom is -0.506 e. The third kappa shape index (κ3) is 3.02. The fourth-order valence-electron chi connectivity index (χ4n) is 2.89. The van der Waals surface area contributed by atoms with E-state index in [2.05, 4.69) is 6.92 Å². The van der Waals surface area contributed by atoms with E-state index < -0.39 is 21.1 Å². The molecule has 1 aliphatic carbocycles. The van der Waals surface area contributed by atoms with E-state index in [0.717, 1.165) is 29.9 Å². The minimum absolute atomic E-state index is 0.00846. The van der Waals surface area contributed by atoms with Gasteiger partial charge in [0.15, 0.2) is 0 Å². The molecule has 19 heavy (non-hydrogen) atoms. The summed E-state index contributed by atoms with van der Waals surface area (Å²) in [6.07, 6.45) is 4.58. The molecular weight excluding hydrogens is 355 g/mol. The molecule has 0 amide bonds. The van der Waals surface area contributed by atoms with E-state index >= 15 is 0 Å². The van der Waals surface area contributed by atoms with E-state index in [-0.39, 0.29) is 11.4 Å². The van der Waals surface area contributed by atoms with Crippen LogP contribution in [0.5, 0.6) is 5.75 Å². The highest BCUT2D eigenvalue weighted by Crippen LogP contribution is 2.43. The maximum Gasteiger partial charge on any atom is 0.141 e. The summed E-state index contributed by atoms with van der Waals surface area (Å²) < 4.78 is 11.0. The van der Waals surface area contributed by atoms with Crippen LogP contribution in [0.1, 0.15) is 49.7 Å². The maximum absolute atomic E-state index is 9.78. The summed E-state index contributed by atoms with van der Waals surface area (Å²) in [6.45, 7) is 2.27. The van der Waals surface area contributed by atoms with Gasteiger partial charge in [0.2, 0.25) is 0 Å². The Morgan fingerprint density at radius 2 is 1.84 bits per heavy atom. The van der Waals surface area contributed by atoms with E-state index in [1.807, 2.05) is 0 Å². The Bertz CT molecular complexity index is 495. The molecule has 1 saturated carbocycles. The van der Waals surface area contributed by atoms with Crippen molar-refractivity contribution in [2.45, 2.75) is 38.5 Å². The standard InChI is InChI=1S/C14H21IN2O2/c1-8-2-4-9(5-3-8)12-10(7-15-19)6-11(18)13(16)14(12)17/h6-9,18-19H,2-5,16-17H2,1H3. The van der Waals surface area contributed by atoms with Gasteiger partial charge in [-0.05, 0) is 41.9 Å². The van der Waals surface area contributed by atoms with Gasteiger partial charge >= 0.3 is 0 Å². The second-order valence-corrected chi connectivity index (χ2v) is 6.57. The molecule has 0 unspecified atom stereocenters. The second-order valence-electron chi connectivity index (χ2n) is 5.39. The third-order valence-electron chi connectivity index (χ3n) is 4.05. The van der Waals surface area contributed by atoms with Gasteiger partial charge in [-0.1, -0.05) is 19.8 Å². The lowest BCUT2D eigenvalue weighted by Crippen LogP contribution is -2.15. The van der Waals surface area contributed by atoms with Gasteiger partial charge in [0, 0.05) is 25.2 Å². The molecule has 0 radical (unpaired) electrons. The van der Waals surface area contributed by atoms with Crippen LogP contribution in [0.2, 0.25) is 0 Å². The zero-order valence-corrected chi connectivity index (χ0v) is 13.2. The average Bonchev–Trinajstić information content (AvgIpc) is 2.39. The summed E-state index contributed by atoms with van der Waals surface area (Å²) in [5, 5.41) is 9.78.